The molecule has 5 aromatic carbocycles. The van der Waals surface area contributed by atoms with Gasteiger partial charge in [-0.05, 0) is 46.5 Å². The minimum absolute atomic E-state index is 0.0837. The van der Waals surface area contributed by atoms with Gasteiger partial charge in [-0.3, -0.25) is 4.79 Å². The number of carbonyl (C=O) groups is 1. The molecule has 39 heavy (non-hydrogen) atoms. The fourth-order valence-corrected chi connectivity index (χ4v) is 4.90. The maximum Gasteiger partial charge on any atom is 0.307 e. The first kappa shape index (κ1) is 24.3. The molecule has 4 heteroatoms. The van der Waals surface area contributed by atoms with E-state index in [9.17, 15) is 9.90 Å². The predicted octanol–water partition coefficient (Wildman–Crippen LogP) is 8.78. The van der Waals surface area contributed by atoms with Gasteiger partial charge in [0, 0.05) is 22.9 Å². The van der Waals surface area contributed by atoms with Gasteiger partial charge in [-0.25, -0.2) is 0 Å². The number of carboxylic acids is 1. The third-order valence-electron chi connectivity index (χ3n) is 6.78. The minimum atomic E-state index is -0.888. The number of furan rings is 1. The number of rotatable bonds is 8. The number of hydrogen-bond donors (Lipinski definition) is 1. The van der Waals surface area contributed by atoms with Gasteiger partial charge >= 0.3 is 5.97 Å². The molecular weight excluding hydrogens is 484 g/mol. The number of aliphatic carboxylic acids is 1. The highest BCUT2D eigenvalue weighted by molar-refractivity contribution is 5.96. The lowest BCUT2D eigenvalue weighted by Crippen LogP contribution is -2.01. The molecule has 0 amide bonds. The van der Waals surface area contributed by atoms with Crippen LogP contribution in [0.3, 0.4) is 0 Å². The summed E-state index contributed by atoms with van der Waals surface area (Å²) >= 11 is 0. The van der Waals surface area contributed by atoms with E-state index in [2.05, 4.69) is 54.6 Å². The minimum Gasteiger partial charge on any atom is -0.481 e. The first-order valence-corrected chi connectivity index (χ1v) is 12.9. The smallest absolute Gasteiger partial charge is 0.307 e. The van der Waals surface area contributed by atoms with E-state index in [1.54, 1.807) is 12.1 Å². The summed E-state index contributed by atoms with van der Waals surface area (Å²) in [5.74, 6) is 1.28. The van der Waals surface area contributed by atoms with Gasteiger partial charge in [0.25, 0.3) is 0 Å². The normalized spacial score (nSPS) is 11.0. The van der Waals surface area contributed by atoms with Gasteiger partial charge in [-0.2, -0.15) is 0 Å². The van der Waals surface area contributed by atoms with E-state index in [0.717, 1.165) is 45.4 Å². The summed E-state index contributed by atoms with van der Waals surface area (Å²) in [4.78, 5) is 11.2. The number of fused-ring (bicyclic) bond motifs is 1. The summed E-state index contributed by atoms with van der Waals surface area (Å²) in [5.41, 5.74) is 7.14. The molecule has 4 nitrogen and oxygen atoms in total. The molecule has 0 saturated heterocycles. The molecule has 1 N–H and O–H groups in total. The molecule has 6 aromatic rings. The van der Waals surface area contributed by atoms with Crippen molar-refractivity contribution in [3.05, 3.63) is 144 Å². The fraction of sp³-hybridized carbons (Fsp3) is 0.0571. The van der Waals surface area contributed by atoms with Gasteiger partial charge in [-0.1, -0.05) is 103 Å². The maximum atomic E-state index is 11.2. The van der Waals surface area contributed by atoms with Crippen molar-refractivity contribution < 1.29 is 19.1 Å². The Morgan fingerprint density at radius 2 is 1.28 bits per heavy atom. The second-order valence-corrected chi connectivity index (χ2v) is 9.44. The molecule has 6 rings (SSSR count). The zero-order valence-electron chi connectivity index (χ0n) is 21.2. The Morgan fingerprint density at radius 1 is 0.667 bits per heavy atom. The lowest BCUT2D eigenvalue weighted by atomic mass is 9.96. The van der Waals surface area contributed by atoms with E-state index in [1.165, 1.54) is 5.56 Å². The molecule has 0 aliphatic carbocycles. The maximum absolute atomic E-state index is 11.2. The lowest BCUT2D eigenvalue weighted by Gasteiger charge is -2.11. The molecule has 0 spiro atoms. The summed E-state index contributed by atoms with van der Waals surface area (Å²) in [7, 11) is 0. The molecule has 0 aliphatic heterocycles. The molecule has 0 unspecified atom stereocenters. The Bertz CT molecular complexity index is 1730. The van der Waals surface area contributed by atoms with Crippen molar-refractivity contribution in [3.8, 4) is 33.8 Å². The summed E-state index contributed by atoms with van der Waals surface area (Å²) in [6.45, 7) is 0. The van der Waals surface area contributed by atoms with Crippen LogP contribution in [-0.2, 0) is 17.6 Å². The largest absolute Gasteiger partial charge is 0.481 e. The molecule has 0 radical (unpaired) electrons. The van der Waals surface area contributed by atoms with Gasteiger partial charge in [-0.15, -0.1) is 0 Å². The van der Waals surface area contributed by atoms with E-state index >= 15 is 0 Å². The van der Waals surface area contributed by atoms with Crippen molar-refractivity contribution in [3.63, 3.8) is 0 Å². The number of hydrogen-bond acceptors (Lipinski definition) is 3. The number of carboxylic acid groups (broad SMARTS) is 1. The van der Waals surface area contributed by atoms with Crippen molar-refractivity contribution in [1.29, 1.82) is 0 Å². The highest BCUT2D eigenvalue weighted by atomic mass is 16.5. The van der Waals surface area contributed by atoms with Crippen LogP contribution in [0.1, 0.15) is 16.9 Å². The second kappa shape index (κ2) is 10.7. The lowest BCUT2D eigenvalue weighted by molar-refractivity contribution is -0.136. The molecule has 190 valence electrons. The van der Waals surface area contributed by atoms with Crippen LogP contribution >= 0.6 is 0 Å². The van der Waals surface area contributed by atoms with Crippen LogP contribution in [0.25, 0.3) is 33.2 Å². The third kappa shape index (κ3) is 5.32. The van der Waals surface area contributed by atoms with Gasteiger partial charge in [0.15, 0.2) is 0 Å². The average molecular weight is 511 g/mol. The Hall–Kier alpha value is -5.09. The number of ether oxygens (including phenoxy) is 1. The monoisotopic (exact) mass is 510 g/mol. The first-order valence-electron chi connectivity index (χ1n) is 12.9. The Kier molecular flexibility index (Phi) is 6.67. The van der Waals surface area contributed by atoms with Gasteiger partial charge in [0.1, 0.15) is 22.8 Å². The highest BCUT2D eigenvalue weighted by Crippen LogP contribution is 2.37. The predicted molar refractivity (Wildman–Crippen MR) is 154 cm³/mol. The first-order chi connectivity index (χ1) is 19.1. The van der Waals surface area contributed by atoms with Crippen LogP contribution in [0.2, 0.25) is 0 Å². The van der Waals surface area contributed by atoms with Crippen LogP contribution in [0, 0.1) is 0 Å². The Morgan fingerprint density at radius 3 is 2.03 bits per heavy atom. The van der Waals surface area contributed by atoms with Crippen molar-refractivity contribution >= 4 is 16.9 Å². The summed E-state index contributed by atoms with van der Waals surface area (Å²) < 4.78 is 12.3. The molecule has 0 saturated carbocycles. The van der Waals surface area contributed by atoms with E-state index in [-0.39, 0.29) is 6.42 Å². The van der Waals surface area contributed by atoms with Gasteiger partial charge in [0.2, 0.25) is 0 Å². The summed E-state index contributed by atoms with van der Waals surface area (Å²) in [6, 6.07) is 42.2. The van der Waals surface area contributed by atoms with Crippen LogP contribution in [0.5, 0.6) is 11.5 Å². The van der Waals surface area contributed by atoms with Crippen molar-refractivity contribution in [2.75, 3.05) is 0 Å². The molecular formula is C35H26O4. The van der Waals surface area contributed by atoms with Crippen LogP contribution in [0.4, 0.5) is 0 Å². The molecule has 0 bridgehead atoms. The quantitative estimate of drug-likeness (QED) is 0.222. The van der Waals surface area contributed by atoms with Gasteiger partial charge < -0.3 is 14.3 Å². The number of benzene rings is 5. The molecule has 0 aliphatic rings. The van der Waals surface area contributed by atoms with Crippen molar-refractivity contribution in [2.45, 2.75) is 12.8 Å². The van der Waals surface area contributed by atoms with E-state index in [1.807, 2.05) is 60.7 Å². The number of para-hydroxylation sites is 2. The van der Waals surface area contributed by atoms with Crippen molar-refractivity contribution in [2.24, 2.45) is 0 Å². The van der Waals surface area contributed by atoms with Gasteiger partial charge in [0.05, 0.1) is 6.42 Å². The van der Waals surface area contributed by atoms with Crippen LogP contribution < -0.4 is 4.74 Å². The molecule has 0 atom stereocenters. The molecule has 1 heterocycles. The van der Waals surface area contributed by atoms with Crippen molar-refractivity contribution in [1.82, 2.24) is 0 Å². The second-order valence-electron chi connectivity index (χ2n) is 9.44. The Labute approximate surface area is 226 Å². The highest BCUT2D eigenvalue weighted by Gasteiger charge is 2.16. The summed E-state index contributed by atoms with van der Waals surface area (Å²) in [5, 5.41) is 10.3. The molecule has 0 fully saturated rings. The topological polar surface area (TPSA) is 59.7 Å². The Balaban J connectivity index is 1.26. The average Bonchev–Trinajstić information content (AvgIpc) is 3.32. The zero-order chi connectivity index (χ0) is 26.6. The van der Waals surface area contributed by atoms with Crippen LogP contribution in [0.15, 0.2) is 132 Å². The van der Waals surface area contributed by atoms with E-state index in [4.69, 9.17) is 9.15 Å². The zero-order valence-corrected chi connectivity index (χ0v) is 21.2. The SMILES string of the molecule is O=C(O)Cc1ccccc1Oc1ccc(-c2ccc(-c3c(Cc4ccccc4)oc4ccccc34)cc2)cc1. The fourth-order valence-electron chi connectivity index (χ4n) is 4.90. The molecule has 1 aromatic heterocycles. The summed E-state index contributed by atoms with van der Waals surface area (Å²) in [6.07, 6.45) is 0.642. The van der Waals surface area contributed by atoms with Crippen LogP contribution in [-0.4, -0.2) is 11.1 Å². The van der Waals surface area contributed by atoms with E-state index in [0.29, 0.717) is 17.1 Å². The van der Waals surface area contributed by atoms with E-state index < -0.39 is 5.97 Å². The standard InChI is InChI=1S/C35H26O4/c36-34(37)23-28-10-4-6-12-31(28)38-29-20-18-26(19-21-29)25-14-16-27(17-15-25)35-30-11-5-7-13-32(30)39-33(35)22-24-8-2-1-3-9-24/h1-21H,22-23H2,(H,36,37). The third-order valence-corrected chi connectivity index (χ3v) is 6.78.